The highest BCUT2D eigenvalue weighted by Crippen LogP contribution is 2.39. The lowest BCUT2D eigenvalue weighted by atomic mass is 10.1. The predicted octanol–water partition coefficient (Wildman–Crippen LogP) is 6.60. The monoisotopic (exact) mass is 531 g/mol. The standard InChI is InChI=1S/C25H16Cl2FNO5S/c1-33-20-11-4-6-14(22(20)34-24(31)15-7-2-3-8-17(15)26)12-21-23(30)29(25(32)35-21)13-16-18(27)9-5-10-19(16)28/h2-12H,13H2,1H3/b21-12-. The second-order valence-corrected chi connectivity index (χ2v) is 9.02. The van der Waals surface area contributed by atoms with E-state index in [9.17, 15) is 18.8 Å². The van der Waals surface area contributed by atoms with Crippen molar-refractivity contribution in [2.45, 2.75) is 6.54 Å². The summed E-state index contributed by atoms with van der Waals surface area (Å²) in [4.78, 5) is 39.3. The quantitative estimate of drug-likeness (QED) is 0.203. The Balaban J connectivity index is 1.65. The molecule has 0 atom stereocenters. The molecule has 0 bridgehead atoms. The Kier molecular flexibility index (Phi) is 7.45. The number of benzene rings is 3. The average Bonchev–Trinajstić information content (AvgIpc) is 3.09. The molecule has 1 heterocycles. The molecule has 0 radical (unpaired) electrons. The molecular weight excluding hydrogens is 516 g/mol. The van der Waals surface area contributed by atoms with Gasteiger partial charge in [0.15, 0.2) is 11.5 Å². The number of amides is 2. The van der Waals surface area contributed by atoms with Gasteiger partial charge in [-0.15, -0.1) is 0 Å². The lowest BCUT2D eigenvalue weighted by molar-refractivity contribution is -0.123. The van der Waals surface area contributed by atoms with Gasteiger partial charge in [0, 0.05) is 16.1 Å². The number of imide groups is 1. The Bertz CT molecular complexity index is 1360. The Labute approximate surface area is 214 Å². The number of halogens is 3. The molecule has 0 aromatic heterocycles. The number of thioether (sulfide) groups is 1. The van der Waals surface area contributed by atoms with E-state index in [1.54, 1.807) is 36.4 Å². The van der Waals surface area contributed by atoms with Crippen LogP contribution in [0.1, 0.15) is 21.5 Å². The van der Waals surface area contributed by atoms with Crippen LogP contribution in [0.5, 0.6) is 11.5 Å². The summed E-state index contributed by atoms with van der Waals surface area (Å²) in [6, 6.07) is 15.3. The van der Waals surface area contributed by atoms with Crippen molar-refractivity contribution >= 4 is 58.2 Å². The number of nitrogens with zero attached hydrogens (tertiary/aromatic N) is 1. The van der Waals surface area contributed by atoms with Crippen LogP contribution < -0.4 is 9.47 Å². The first-order valence-electron chi connectivity index (χ1n) is 10.1. The molecule has 4 rings (SSSR count). The number of methoxy groups -OCH3 is 1. The lowest BCUT2D eigenvalue weighted by Crippen LogP contribution is -2.28. The van der Waals surface area contributed by atoms with Crippen LogP contribution in [0.4, 0.5) is 9.18 Å². The maximum Gasteiger partial charge on any atom is 0.345 e. The van der Waals surface area contributed by atoms with Crippen LogP contribution in [0, 0.1) is 5.82 Å². The molecule has 178 valence electrons. The van der Waals surface area contributed by atoms with E-state index in [4.69, 9.17) is 32.7 Å². The maximum atomic E-state index is 14.2. The van der Waals surface area contributed by atoms with Gasteiger partial charge in [0.2, 0.25) is 0 Å². The average molecular weight is 532 g/mol. The number of ether oxygens (including phenoxy) is 2. The van der Waals surface area contributed by atoms with Crippen LogP contribution >= 0.6 is 35.0 Å². The van der Waals surface area contributed by atoms with Crippen molar-refractivity contribution in [3.05, 3.63) is 98.1 Å². The van der Waals surface area contributed by atoms with E-state index >= 15 is 0 Å². The van der Waals surface area contributed by atoms with Crippen LogP contribution in [0.15, 0.2) is 65.6 Å². The highest BCUT2D eigenvalue weighted by molar-refractivity contribution is 8.18. The van der Waals surface area contributed by atoms with Gasteiger partial charge in [0.25, 0.3) is 11.1 Å². The Morgan fingerprint density at radius 1 is 1.03 bits per heavy atom. The van der Waals surface area contributed by atoms with E-state index in [1.165, 1.54) is 37.5 Å². The van der Waals surface area contributed by atoms with E-state index in [-0.39, 0.29) is 44.1 Å². The van der Waals surface area contributed by atoms with Gasteiger partial charge in [-0.25, -0.2) is 9.18 Å². The van der Waals surface area contributed by atoms with Crippen molar-refractivity contribution in [3.63, 3.8) is 0 Å². The predicted molar refractivity (Wildman–Crippen MR) is 132 cm³/mol. The SMILES string of the molecule is COc1cccc(/C=C2\SC(=O)N(Cc3c(F)cccc3Cl)C2=O)c1OC(=O)c1ccccc1Cl. The number of para-hydroxylation sites is 1. The summed E-state index contributed by atoms with van der Waals surface area (Å²) in [5.74, 6) is -1.70. The fraction of sp³-hybridized carbons (Fsp3) is 0.0800. The summed E-state index contributed by atoms with van der Waals surface area (Å²) < 4.78 is 25.1. The number of hydrogen-bond donors (Lipinski definition) is 0. The Hall–Kier alpha value is -3.33. The number of carbonyl (C=O) groups is 3. The summed E-state index contributed by atoms with van der Waals surface area (Å²) in [5.41, 5.74) is 0.501. The molecule has 3 aromatic carbocycles. The van der Waals surface area contributed by atoms with Gasteiger partial charge in [0.05, 0.1) is 29.1 Å². The topological polar surface area (TPSA) is 72.9 Å². The molecule has 1 fully saturated rings. The maximum absolute atomic E-state index is 14.2. The second kappa shape index (κ2) is 10.5. The van der Waals surface area contributed by atoms with Gasteiger partial charge in [-0.1, -0.05) is 53.5 Å². The molecule has 10 heteroatoms. The summed E-state index contributed by atoms with van der Waals surface area (Å²) in [6.45, 7) is -0.319. The first kappa shape index (κ1) is 24.8. The number of esters is 1. The molecule has 0 aliphatic carbocycles. The summed E-state index contributed by atoms with van der Waals surface area (Å²) in [7, 11) is 1.40. The van der Waals surface area contributed by atoms with Crippen molar-refractivity contribution in [1.82, 2.24) is 4.90 Å². The third kappa shape index (κ3) is 5.19. The van der Waals surface area contributed by atoms with Crippen LogP contribution in [0.2, 0.25) is 10.0 Å². The fourth-order valence-electron chi connectivity index (χ4n) is 3.31. The smallest absolute Gasteiger partial charge is 0.345 e. The van der Waals surface area contributed by atoms with Crippen molar-refractivity contribution < 1.29 is 28.2 Å². The molecule has 2 amide bonds. The third-order valence-electron chi connectivity index (χ3n) is 5.06. The van der Waals surface area contributed by atoms with Crippen molar-refractivity contribution in [3.8, 4) is 11.5 Å². The summed E-state index contributed by atoms with van der Waals surface area (Å²) in [5, 5.41) is -0.269. The minimum absolute atomic E-state index is 0.0356. The minimum Gasteiger partial charge on any atom is -0.493 e. The second-order valence-electron chi connectivity index (χ2n) is 7.22. The molecule has 0 saturated carbocycles. The van der Waals surface area contributed by atoms with Gasteiger partial charge in [-0.2, -0.15) is 0 Å². The highest BCUT2D eigenvalue weighted by atomic mass is 35.5. The number of carbonyl (C=O) groups excluding carboxylic acids is 3. The van der Waals surface area contributed by atoms with Crippen molar-refractivity contribution in [2.75, 3.05) is 7.11 Å². The van der Waals surface area contributed by atoms with Gasteiger partial charge in [-0.3, -0.25) is 14.5 Å². The Morgan fingerprint density at radius 2 is 1.74 bits per heavy atom. The fourth-order valence-corrected chi connectivity index (χ4v) is 4.57. The van der Waals surface area contributed by atoms with E-state index in [0.29, 0.717) is 17.3 Å². The van der Waals surface area contributed by atoms with Crippen molar-refractivity contribution in [2.24, 2.45) is 0 Å². The van der Waals surface area contributed by atoms with E-state index in [0.717, 1.165) is 4.90 Å². The molecule has 3 aromatic rings. The van der Waals surface area contributed by atoms with Gasteiger partial charge in [-0.05, 0) is 48.2 Å². The van der Waals surface area contributed by atoms with Gasteiger partial charge < -0.3 is 9.47 Å². The van der Waals surface area contributed by atoms with E-state index < -0.39 is 22.9 Å². The molecule has 0 N–H and O–H groups in total. The van der Waals surface area contributed by atoms with Gasteiger partial charge >= 0.3 is 5.97 Å². The minimum atomic E-state index is -0.725. The van der Waals surface area contributed by atoms with Gasteiger partial charge in [0.1, 0.15) is 5.82 Å². The lowest BCUT2D eigenvalue weighted by Gasteiger charge is -2.14. The molecule has 1 saturated heterocycles. The van der Waals surface area contributed by atoms with Crippen LogP contribution in [-0.2, 0) is 11.3 Å². The largest absolute Gasteiger partial charge is 0.493 e. The number of rotatable bonds is 6. The molecule has 0 unspecified atom stereocenters. The molecule has 1 aliphatic rings. The zero-order valence-corrected chi connectivity index (χ0v) is 20.4. The molecular formula is C25H16Cl2FNO5S. The number of hydrogen-bond acceptors (Lipinski definition) is 6. The highest BCUT2D eigenvalue weighted by Gasteiger charge is 2.36. The van der Waals surface area contributed by atoms with E-state index in [2.05, 4.69) is 0 Å². The molecule has 0 spiro atoms. The van der Waals surface area contributed by atoms with E-state index in [1.807, 2.05) is 0 Å². The normalized spacial score (nSPS) is 14.5. The summed E-state index contributed by atoms with van der Waals surface area (Å²) in [6.07, 6.45) is 1.41. The molecule has 6 nitrogen and oxygen atoms in total. The molecule has 35 heavy (non-hydrogen) atoms. The first-order valence-corrected chi connectivity index (χ1v) is 11.7. The molecule has 1 aliphatic heterocycles. The summed E-state index contributed by atoms with van der Waals surface area (Å²) >= 11 is 12.8. The van der Waals surface area contributed by atoms with Crippen LogP contribution in [0.25, 0.3) is 6.08 Å². The van der Waals surface area contributed by atoms with Crippen LogP contribution in [0.3, 0.4) is 0 Å². The van der Waals surface area contributed by atoms with Crippen LogP contribution in [-0.4, -0.2) is 29.1 Å². The van der Waals surface area contributed by atoms with Crippen molar-refractivity contribution in [1.29, 1.82) is 0 Å². The first-order chi connectivity index (χ1) is 16.8. The Morgan fingerprint density at radius 3 is 2.46 bits per heavy atom. The zero-order chi connectivity index (χ0) is 25.1. The zero-order valence-electron chi connectivity index (χ0n) is 18.1. The third-order valence-corrected chi connectivity index (χ3v) is 6.65.